The van der Waals surface area contributed by atoms with Gasteiger partial charge in [0.1, 0.15) is 5.82 Å². The maximum Gasteiger partial charge on any atom is 0.255 e. The Morgan fingerprint density at radius 3 is 2.62 bits per heavy atom. The highest BCUT2D eigenvalue weighted by Gasteiger charge is 2.25. The van der Waals surface area contributed by atoms with Gasteiger partial charge < -0.3 is 10.2 Å². The molecule has 2 aliphatic rings. The predicted molar refractivity (Wildman–Crippen MR) is 115 cm³/mol. The van der Waals surface area contributed by atoms with E-state index < -0.39 is 0 Å². The molecule has 1 amide bonds. The van der Waals surface area contributed by atoms with Crippen molar-refractivity contribution in [1.82, 2.24) is 19.8 Å². The maximum absolute atomic E-state index is 13.0. The van der Waals surface area contributed by atoms with Crippen molar-refractivity contribution in [3.8, 4) is 0 Å². The van der Waals surface area contributed by atoms with E-state index in [0.29, 0.717) is 12.1 Å². The van der Waals surface area contributed by atoms with Gasteiger partial charge >= 0.3 is 0 Å². The van der Waals surface area contributed by atoms with Crippen molar-refractivity contribution in [3.05, 3.63) is 54.0 Å². The van der Waals surface area contributed by atoms with Crippen LogP contribution < -0.4 is 5.32 Å². The van der Waals surface area contributed by atoms with Crippen molar-refractivity contribution in [1.29, 1.82) is 0 Å². The van der Waals surface area contributed by atoms with Gasteiger partial charge in [0.15, 0.2) is 0 Å². The molecule has 0 spiro atoms. The van der Waals surface area contributed by atoms with Crippen molar-refractivity contribution in [3.63, 3.8) is 0 Å². The van der Waals surface area contributed by atoms with E-state index in [0.717, 1.165) is 50.2 Å². The Balaban J connectivity index is 1.30. The lowest BCUT2D eigenvalue weighted by Gasteiger charge is -2.33. The third-order valence-electron chi connectivity index (χ3n) is 6.10. The molecule has 4 rings (SSSR count). The lowest BCUT2D eigenvalue weighted by Crippen LogP contribution is -2.40. The fourth-order valence-corrected chi connectivity index (χ4v) is 4.44. The number of pyridine rings is 2. The molecule has 154 valence electrons. The van der Waals surface area contributed by atoms with Gasteiger partial charge in [0.25, 0.3) is 5.91 Å². The highest BCUT2D eigenvalue weighted by molar-refractivity contribution is 5.94. The van der Waals surface area contributed by atoms with Gasteiger partial charge in [-0.05, 0) is 43.5 Å². The molecular formula is C23H31N5O. The summed E-state index contributed by atoms with van der Waals surface area (Å²) in [6.07, 6.45) is 11.3. The van der Waals surface area contributed by atoms with Gasteiger partial charge in [0.2, 0.25) is 0 Å². The smallest absolute Gasteiger partial charge is 0.255 e. The fraction of sp³-hybridized carbons (Fsp3) is 0.522. The van der Waals surface area contributed by atoms with Gasteiger partial charge in [-0.15, -0.1) is 0 Å². The topological polar surface area (TPSA) is 61.4 Å². The molecular weight excluding hydrogens is 362 g/mol. The molecule has 0 radical (unpaired) electrons. The average molecular weight is 394 g/mol. The number of carbonyl (C=O) groups is 1. The first-order valence-corrected chi connectivity index (χ1v) is 10.9. The van der Waals surface area contributed by atoms with Crippen molar-refractivity contribution in [2.75, 3.05) is 31.5 Å². The van der Waals surface area contributed by atoms with Crippen LogP contribution >= 0.6 is 0 Å². The Morgan fingerprint density at radius 2 is 1.86 bits per heavy atom. The third kappa shape index (κ3) is 5.32. The molecule has 2 fully saturated rings. The van der Waals surface area contributed by atoms with E-state index in [1.807, 2.05) is 35.2 Å². The van der Waals surface area contributed by atoms with Crippen LogP contribution in [0.4, 0.5) is 5.82 Å². The number of nitrogens with one attached hydrogen (secondary N) is 1. The number of rotatable bonds is 5. The highest BCUT2D eigenvalue weighted by atomic mass is 16.2. The van der Waals surface area contributed by atoms with Gasteiger partial charge in [0.05, 0.1) is 17.8 Å². The molecule has 2 aromatic heterocycles. The Kier molecular flexibility index (Phi) is 6.72. The van der Waals surface area contributed by atoms with Crippen LogP contribution in [0.1, 0.15) is 54.6 Å². The van der Waals surface area contributed by atoms with Gasteiger partial charge in [-0.2, -0.15) is 0 Å². The quantitative estimate of drug-likeness (QED) is 0.841. The van der Waals surface area contributed by atoms with Crippen LogP contribution in [0.3, 0.4) is 0 Å². The molecule has 6 nitrogen and oxygen atoms in total. The van der Waals surface area contributed by atoms with E-state index in [1.54, 1.807) is 12.4 Å². The van der Waals surface area contributed by atoms with Gasteiger partial charge in [0, 0.05) is 44.6 Å². The molecule has 0 unspecified atom stereocenters. The molecule has 1 aliphatic carbocycles. The van der Waals surface area contributed by atoms with E-state index in [-0.39, 0.29) is 5.91 Å². The van der Waals surface area contributed by atoms with Crippen LogP contribution in [-0.2, 0) is 6.54 Å². The lowest BCUT2D eigenvalue weighted by atomic mass is 9.94. The van der Waals surface area contributed by atoms with Crippen LogP contribution in [0, 0.1) is 0 Å². The molecule has 0 aromatic carbocycles. The zero-order valence-corrected chi connectivity index (χ0v) is 17.1. The summed E-state index contributed by atoms with van der Waals surface area (Å²) >= 11 is 0. The number of aromatic nitrogens is 2. The molecule has 6 heteroatoms. The van der Waals surface area contributed by atoms with Crippen molar-refractivity contribution >= 4 is 11.7 Å². The minimum absolute atomic E-state index is 0.0965. The van der Waals surface area contributed by atoms with E-state index in [9.17, 15) is 4.79 Å². The molecule has 0 atom stereocenters. The third-order valence-corrected chi connectivity index (χ3v) is 6.10. The Morgan fingerprint density at radius 1 is 0.966 bits per heavy atom. The summed E-state index contributed by atoms with van der Waals surface area (Å²) in [7, 11) is 0. The van der Waals surface area contributed by atoms with E-state index >= 15 is 0 Å². The number of hydrogen-bond acceptors (Lipinski definition) is 5. The summed E-state index contributed by atoms with van der Waals surface area (Å²) in [5.41, 5.74) is 1.63. The van der Waals surface area contributed by atoms with Gasteiger partial charge in [-0.3, -0.25) is 14.7 Å². The molecule has 1 N–H and O–H groups in total. The molecule has 0 bridgehead atoms. The van der Waals surface area contributed by atoms with E-state index in [1.165, 1.54) is 32.1 Å². The first kappa shape index (κ1) is 19.8. The molecule has 2 aromatic rings. The fourth-order valence-electron chi connectivity index (χ4n) is 4.44. The van der Waals surface area contributed by atoms with Crippen LogP contribution in [0.2, 0.25) is 0 Å². The lowest BCUT2D eigenvalue weighted by molar-refractivity contribution is 0.0754. The zero-order valence-electron chi connectivity index (χ0n) is 17.1. The monoisotopic (exact) mass is 393 g/mol. The maximum atomic E-state index is 13.0. The summed E-state index contributed by atoms with van der Waals surface area (Å²) in [5.74, 6) is 0.853. The van der Waals surface area contributed by atoms with Crippen LogP contribution in [0.5, 0.6) is 0 Å². The Labute approximate surface area is 173 Å². The molecule has 1 saturated carbocycles. The second-order valence-electron chi connectivity index (χ2n) is 8.08. The summed E-state index contributed by atoms with van der Waals surface area (Å²) in [6, 6.07) is 10.3. The standard InChI is InChI=1S/C23H31N5O/c29-23(28-14-6-13-27(15-16-28)21-8-2-1-3-9-21)19-10-11-22(25-17-19)26-18-20-7-4-5-12-24-20/h4-5,7,10-12,17,21H,1-3,6,8-9,13-16,18H2,(H,25,26). The number of amides is 1. The number of carbonyl (C=O) groups excluding carboxylic acids is 1. The van der Waals surface area contributed by atoms with E-state index in [2.05, 4.69) is 20.2 Å². The number of hydrogen-bond donors (Lipinski definition) is 1. The van der Waals surface area contributed by atoms with Crippen LogP contribution in [0.25, 0.3) is 0 Å². The second kappa shape index (κ2) is 9.83. The number of anilines is 1. The Hall–Kier alpha value is -2.47. The van der Waals surface area contributed by atoms with Crippen LogP contribution in [-0.4, -0.2) is 57.9 Å². The van der Waals surface area contributed by atoms with Gasteiger partial charge in [-0.25, -0.2) is 4.98 Å². The summed E-state index contributed by atoms with van der Waals surface area (Å²) in [4.78, 5) is 26.3. The minimum atomic E-state index is 0.0965. The van der Waals surface area contributed by atoms with Gasteiger partial charge in [-0.1, -0.05) is 25.3 Å². The minimum Gasteiger partial charge on any atom is -0.364 e. The highest BCUT2D eigenvalue weighted by Crippen LogP contribution is 2.23. The summed E-state index contributed by atoms with van der Waals surface area (Å²) in [6.45, 7) is 4.37. The first-order valence-electron chi connectivity index (χ1n) is 10.9. The second-order valence-corrected chi connectivity index (χ2v) is 8.08. The number of nitrogens with zero attached hydrogens (tertiary/aromatic N) is 4. The van der Waals surface area contributed by atoms with E-state index in [4.69, 9.17) is 0 Å². The van der Waals surface area contributed by atoms with Crippen molar-refractivity contribution < 1.29 is 4.79 Å². The molecule has 1 saturated heterocycles. The molecule has 29 heavy (non-hydrogen) atoms. The molecule has 1 aliphatic heterocycles. The predicted octanol–water partition coefficient (Wildman–Crippen LogP) is 3.57. The first-order chi connectivity index (χ1) is 14.3. The SMILES string of the molecule is O=C(c1ccc(NCc2ccccn2)nc1)N1CCCN(C2CCCCC2)CC1. The largest absolute Gasteiger partial charge is 0.364 e. The normalized spacial score (nSPS) is 19.0. The molecule has 3 heterocycles. The van der Waals surface area contributed by atoms with Crippen molar-refractivity contribution in [2.24, 2.45) is 0 Å². The summed E-state index contributed by atoms with van der Waals surface area (Å²) in [5, 5.41) is 3.25. The zero-order chi connectivity index (χ0) is 19.9. The average Bonchev–Trinajstić information content (AvgIpc) is 3.05. The van der Waals surface area contributed by atoms with Crippen LogP contribution in [0.15, 0.2) is 42.7 Å². The Bertz CT molecular complexity index is 774. The summed E-state index contributed by atoms with van der Waals surface area (Å²) < 4.78 is 0. The van der Waals surface area contributed by atoms with Crippen molar-refractivity contribution in [2.45, 2.75) is 51.1 Å².